The number of piperidine rings is 1. The summed E-state index contributed by atoms with van der Waals surface area (Å²) >= 11 is 0. The van der Waals surface area contributed by atoms with Crippen molar-refractivity contribution in [3.05, 3.63) is 62.1 Å². The lowest BCUT2D eigenvalue weighted by Crippen LogP contribution is -2.44. The Kier molecular flexibility index (Phi) is 7.10. The van der Waals surface area contributed by atoms with Gasteiger partial charge in [0, 0.05) is 24.4 Å². The minimum absolute atomic E-state index is 0. The lowest BCUT2D eigenvalue weighted by atomic mass is 9.81. The van der Waals surface area contributed by atoms with Gasteiger partial charge in [-0.2, -0.15) is 5.10 Å². The van der Waals surface area contributed by atoms with Crippen LogP contribution in [0.15, 0.2) is 35.1 Å². The molecule has 2 aromatic rings. The number of amides is 1. The summed E-state index contributed by atoms with van der Waals surface area (Å²) in [6.07, 6.45) is 1.85. The summed E-state index contributed by atoms with van der Waals surface area (Å²) in [5, 5.41) is 21.6. The first-order valence-corrected chi connectivity index (χ1v) is 9.14. The van der Waals surface area contributed by atoms with Gasteiger partial charge >= 0.3 is 0 Å². The third kappa shape index (κ3) is 4.99. The molecule has 1 fully saturated rings. The highest BCUT2D eigenvalue weighted by Crippen LogP contribution is 2.26. The number of aryl methyl sites for hydroxylation is 1. The minimum atomic E-state index is -0.572. The Bertz CT molecular complexity index is 969. The Morgan fingerprint density at radius 2 is 2.00 bits per heavy atom. The van der Waals surface area contributed by atoms with Crippen LogP contribution in [0.25, 0.3) is 5.69 Å². The van der Waals surface area contributed by atoms with Crippen LogP contribution in [-0.4, -0.2) is 40.2 Å². The van der Waals surface area contributed by atoms with Crippen molar-refractivity contribution in [2.45, 2.75) is 26.7 Å². The maximum atomic E-state index is 12.6. The number of nitrogens with zero attached hydrogens (tertiary/aromatic N) is 3. The molecule has 1 aromatic heterocycles. The van der Waals surface area contributed by atoms with Gasteiger partial charge < -0.3 is 10.6 Å². The van der Waals surface area contributed by atoms with E-state index in [0.29, 0.717) is 12.2 Å². The van der Waals surface area contributed by atoms with Crippen LogP contribution in [0.5, 0.6) is 0 Å². The van der Waals surface area contributed by atoms with E-state index < -0.39 is 16.3 Å². The number of aromatic nitrogens is 2. The molecule has 1 saturated heterocycles. The van der Waals surface area contributed by atoms with Gasteiger partial charge in [0.15, 0.2) is 5.69 Å². The van der Waals surface area contributed by atoms with Gasteiger partial charge in [0.05, 0.1) is 4.92 Å². The van der Waals surface area contributed by atoms with Gasteiger partial charge in [-0.25, -0.2) is 4.68 Å². The molecule has 0 aliphatic carbocycles. The number of nitrogens with one attached hydrogen (secondary N) is 2. The first kappa shape index (κ1) is 22.5. The number of nitro benzene ring substituents is 1. The highest BCUT2D eigenvalue weighted by molar-refractivity contribution is 5.92. The van der Waals surface area contributed by atoms with E-state index in [9.17, 15) is 19.7 Å². The molecule has 0 radical (unpaired) electrons. The molecule has 2 heterocycles. The number of hydrogen-bond acceptors (Lipinski definition) is 6. The molecule has 0 unspecified atom stereocenters. The predicted octanol–water partition coefficient (Wildman–Crippen LogP) is 1.99. The van der Waals surface area contributed by atoms with Crippen molar-refractivity contribution >= 4 is 24.0 Å². The molecule has 156 valence electrons. The molecule has 3 rings (SSSR count). The molecule has 1 aromatic carbocycles. The van der Waals surface area contributed by atoms with E-state index in [1.54, 1.807) is 19.1 Å². The van der Waals surface area contributed by atoms with Crippen molar-refractivity contribution in [2.75, 3.05) is 19.6 Å². The zero-order chi connectivity index (χ0) is 20.3. The topological polar surface area (TPSA) is 119 Å². The van der Waals surface area contributed by atoms with Crippen LogP contribution in [0.1, 0.15) is 35.9 Å². The summed E-state index contributed by atoms with van der Waals surface area (Å²) in [7, 11) is 0. The monoisotopic (exact) mass is 421 g/mol. The van der Waals surface area contributed by atoms with E-state index in [4.69, 9.17) is 0 Å². The van der Waals surface area contributed by atoms with Crippen molar-refractivity contribution in [3.63, 3.8) is 0 Å². The zero-order valence-corrected chi connectivity index (χ0v) is 17.1. The lowest BCUT2D eigenvalue weighted by molar-refractivity contribution is -0.384. The van der Waals surface area contributed by atoms with Crippen molar-refractivity contribution < 1.29 is 9.72 Å². The first-order valence-electron chi connectivity index (χ1n) is 9.14. The van der Waals surface area contributed by atoms with Gasteiger partial charge in [-0.3, -0.25) is 19.7 Å². The number of carbonyl (C=O) groups is 1. The van der Waals surface area contributed by atoms with Gasteiger partial charge in [0.2, 0.25) is 5.43 Å². The van der Waals surface area contributed by atoms with Gasteiger partial charge in [0.1, 0.15) is 5.69 Å². The molecule has 2 N–H and O–H groups in total. The van der Waals surface area contributed by atoms with Crippen LogP contribution in [-0.2, 0) is 0 Å². The molecule has 0 atom stereocenters. The van der Waals surface area contributed by atoms with E-state index in [0.717, 1.165) is 25.9 Å². The van der Waals surface area contributed by atoms with Crippen LogP contribution >= 0.6 is 12.4 Å². The Balaban J connectivity index is 0.00000300. The average molecular weight is 422 g/mol. The van der Waals surface area contributed by atoms with E-state index in [1.807, 2.05) is 0 Å². The summed E-state index contributed by atoms with van der Waals surface area (Å²) in [6.45, 7) is 5.93. The zero-order valence-electron chi connectivity index (χ0n) is 16.3. The number of rotatable bonds is 5. The number of benzene rings is 1. The predicted molar refractivity (Wildman–Crippen MR) is 111 cm³/mol. The first-order chi connectivity index (χ1) is 13.3. The molecule has 0 spiro atoms. The van der Waals surface area contributed by atoms with Crippen molar-refractivity contribution in [1.82, 2.24) is 20.4 Å². The smallest absolute Gasteiger partial charge is 0.294 e. The Morgan fingerprint density at radius 3 is 2.66 bits per heavy atom. The molecule has 29 heavy (non-hydrogen) atoms. The summed E-state index contributed by atoms with van der Waals surface area (Å²) in [5.74, 6) is -0.572. The summed E-state index contributed by atoms with van der Waals surface area (Å²) < 4.78 is 1.26. The van der Waals surface area contributed by atoms with Crippen LogP contribution in [0.2, 0.25) is 0 Å². The fraction of sp³-hybridized carbons (Fsp3) is 0.421. The molecule has 0 bridgehead atoms. The summed E-state index contributed by atoms with van der Waals surface area (Å²) in [4.78, 5) is 35.8. The molecule has 0 saturated carbocycles. The molecular formula is C19H24ClN5O4. The second kappa shape index (κ2) is 9.15. The molecule has 1 aliphatic rings. The quantitative estimate of drug-likeness (QED) is 0.562. The number of nitro groups is 1. The normalized spacial score (nSPS) is 15.2. The largest absolute Gasteiger partial charge is 0.350 e. The van der Waals surface area contributed by atoms with E-state index in [-0.39, 0.29) is 34.9 Å². The minimum Gasteiger partial charge on any atom is -0.350 e. The third-order valence-electron chi connectivity index (χ3n) is 5.12. The fourth-order valence-electron chi connectivity index (χ4n) is 3.33. The Hall–Kier alpha value is -2.78. The standard InChI is InChI=1S/C19H23N5O4.ClH/c1-13-11-16(25)17(18(26)21-12-19(2)7-9-20-10-8-19)22-23(13)14-5-3-4-6-15(14)24(27)28;/h3-6,11,20H,7-10,12H2,1-2H3,(H,21,26);1H. The summed E-state index contributed by atoms with van der Waals surface area (Å²) in [5.41, 5.74) is -0.384. The average Bonchev–Trinajstić information content (AvgIpc) is 2.67. The molecule has 1 amide bonds. The molecular weight excluding hydrogens is 398 g/mol. The van der Waals surface area contributed by atoms with Gasteiger partial charge in [-0.1, -0.05) is 19.1 Å². The maximum absolute atomic E-state index is 12.6. The molecule has 9 nitrogen and oxygen atoms in total. The van der Waals surface area contributed by atoms with Gasteiger partial charge in [-0.15, -0.1) is 12.4 Å². The van der Waals surface area contributed by atoms with Crippen molar-refractivity contribution in [3.8, 4) is 5.69 Å². The van der Waals surface area contributed by atoms with Crippen LogP contribution < -0.4 is 16.1 Å². The number of hydrogen-bond donors (Lipinski definition) is 2. The fourth-order valence-corrected chi connectivity index (χ4v) is 3.33. The Labute approximate surface area is 174 Å². The lowest BCUT2D eigenvalue weighted by Gasteiger charge is -2.34. The second-order valence-electron chi connectivity index (χ2n) is 7.40. The molecule has 10 heteroatoms. The number of carbonyl (C=O) groups excluding carboxylic acids is 1. The van der Waals surface area contributed by atoms with Crippen LogP contribution in [0, 0.1) is 22.5 Å². The van der Waals surface area contributed by atoms with E-state index >= 15 is 0 Å². The highest BCUT2D eigenvalue weighted by Gasteiger charge is 2.28. The summed E-state index contributed by atoms with van der Waals surface area (Å²) in [6, 6.07) is 7.34. The van der Waals surface area contributed by atoms with E-state index in [1.165, 1.54) is 22.9 Å². The van der Waals surface area contributed by atoms with Crippen molar-refractivity contribution in [2.24, 2.45) is 5.41 Å². The van der Waals surface area contributed by atoms with Crippen molar-refractivity contribution in [1.29, 1.82) is 0 Å². The van der Waals surface area contributed by atoms with Crippen LogP contribution in [0.3, 0.4) is 0 Å². The maximum Gasteiger partial charge on any atom is 0.294 e. The highest BCUT2D eigenvalue weighted by atomic mass is 35.5. The molecule has 1 aliphatic heterocycles. The SMILES string of the molecule is Cc1cc(=O)c(C(=O)NCC2(C)CCNCC2)nn1-c1ccccc1[N+](=O)[O-].Cl. The van der Waals surface area contributed by atoms with Gasteiger partial charge in [0.25, 0.3) is 11.6 Å². The third-order valence-corrected chi connectivity index (χ3v) is 5.12. The number of para-hydroxylation sites is 2. The van der Waals surface area contributed by atoms with Gasteiger partial charge in [-0.05, 0) is 44.3 Å². The van der Waals surface area contributed by atoms with Crippen LogP contribution in [0.4, 0.5) is 5.69 Å². The Morgan fingerprint density at radius 1 is 1.34 bits per heavy atom. The van der Waals surface area contributed by atoms with E-state index in [2.05, 4.69) is 22.7 Å². The second-order valence-corrected chi connectivity index (χ2v) is 7.40. The number of halogens is 1.